The van der Waals surface area contributed by atoms with E-state index in [2.05, 4.69) is 22.3 Å². The van der Waals surface area contributed by atoms with Gasteiger partial charge in [0.25, 0.3) is 0 Å². The molecule has 0 radical (unpaired) electrons. The van der Waals surface area contributed by atoms with E-state index in [-0.39, 0.29) is 6.61 Å². The molecule has 0 spiro atoms. The number of hydrogen-bond donors (Lipinski definition) is 2. The fourth-order valence-electron chi connectivity index (χ4n) is 5.09. The summed E-state index contributed by atoms with van der Waals surface area (Å²) in [4.78, 5) is 19.4. The molecule has 2 N–H and O–H groups in total. The van der Waals surface area contributed by atoms with Crippen LogP contribution in [0, 0.1) is 5.92 Å². The Balaban J connectivity index is 1.59. The van der Waals surface area contributed by atoms with Crippen LogP contribution in [0.25, 0.3) is 0 Å². The Bertz CT molecular complexity index is 1080. The molecule has 2 aromatic rings. The lowest BCUT2D eigenvalue weighted by atomic mass is 9.86. The summed E-state index contributed by atoms with van der Waals surface area (Å²) >= 11 is 14.1. The maximum atomic E-state index is 12.6. The van der Waals surface area contributed by atoms with Gasteiger partial charge in [-0.15, -0.1) is 11.8 Å². The number of rotatable bonds is 11. The van der Waals surface area contributed by atoms with Crippen LogP contribution in [-0.4, -0.2) is 65.8 Å². The van der Waals surface area contributed by atoms with Crippen LogP contribution in [0.3, 0.4) is 0 Å². The maximum absolute atomic E-state index is 12.6. The van der Waals surface area contributed by atoms with Gasteiger partial charge < -0.3 is 14.7 Å². The highest BCUT2D eigenvalue weighted by Gasteiger charge is 2.45. The van der Waals surface area contributed by atoms with Gasteiger partial charge in [-0.3, -0.25) is 15.1 Å². The molecule has 200 valence electrons. The molecule has 2 aliphatic rings. The smallest absolute Gasteiger partial charge is 0.314 e. The molecule has 0 saturated carbocycles. The summed E-state index contributed by atoms with van der Waals surface area (Å²) < 4.78 is 6.06. The Labute approximate surface area is 233 Å². The SMILES string of the molecule is CSC1(CCc2ccccc2)N=C(COCCN2CCCCC2)C(C(=O)O)C(c2ccc(Cl)c(Cl)c2)N1. The van der Waals surface area contributed by atoms with Gasteiger partial charge in [-0.05, 0) is 68.3 Å². The van der Waals surface area contributed by atoms with Gasteiger partial charge in [0.05, 0.1) is 35.0 Å². The monoisotopic (exact) mass is 563 g/mol. The quantitative estimate of drug-likeness (QED) is 0.330. The molecular weight excluding hydrogens is 529 g/mol. The zero-order valence-electron chi connectivity index (χ0n) is 21.2. The summed E-state index contributed by atoms with van der Waals surface area (Å²) in [7, 11) is 0. The zero-order chi connectivity index (χ0) is 26.3. The second-order valence-electron chi connectivity index (χ2n) is 9.64. The lowest BCUT2D eigenvalue weighted by Gasteiger charge is -2.42. The van der Waals surface area contributed by atoms with E-state index in [1.165, 1.54) is 24.8 Å². The number of piperidine rings is 1. The molecule has 2 aromatic carbocycles. The van der Waals surface area contributed by atoms with Crippen LogP contribution in [0.15, 0.2) is 53.5 Å². The summed E-state index contributed by atoms with van der Waals surface area (Å²) in [6.45, 7) is 3.77. The molecule has 6 nitrogen and oxygen atoms in total. The van der Waals surface area contributed by atoms with Crippen molar-refractivity contribution < 1.29 is 14.6 Å². The van der Waals surface area contributed by atoms with E-state index in [1.807, 2.05) is 30.5 Å². The number of carboxylic acids is 1. The third-order valence-electron chi connectivity index (χ3n) is 7.15. The minimum atomic E-state index is -0.945. The lowest BCUT2D eigenvalue weighted by Crippen LogP contribution is -2.54. The van der Waals surface area contributed by atoms with Crippen LogP contribution in [0.4, 0.5) is 0 Å². The molecule has 1 saturated heterocycles. The summed E-state index contributed by atoms with van der Waals surface area (Å²) in [5.74, 6) is -1.83. The summed E-state index contributed by atoms with van der Waals surface area (Å²) in [5, 5.41) is 14.7. The standard InChI is InChI=1S/C28H35Cl2N3O3S/c1-37-28(13-12-20-8-4-2-5-9-20)31-24(19-36-17-16-33-14-6-3-7-15-33)25(27(34)35)26(32-28)21-10-11-22(29)23(30)18-21/h2,4-5,8-11,18,25-26,32H,3,6-7,12-17,19H2,1H3,(H,34,35). The summed E-state index contributed by atoms with van der Waals surface area (Å²) in [6, 6.07) is 15.0. The van der Waals surface area contributed by atoms with Crippen LogP contribution < -0.4 is 5.32 Å². The van der Waals surface area contributed by atoms with Crippen LogP contribution >= 0.6 is 35.0 Å². The van der Waals surface area contributed by atoms with Gasteiger partial charge in [-0.2, -0.15) is 0 Å². The van der Waals surface area contributed by atoms with E-state index in [9.17, 15) is 9.90 Å². The number of aliphatic carboxylic acids is 1. The number of likely N-dealkylation sites (tertiary alicyclic amines) is 1. The van der Waals surface area contributed by atoms with Gasteiger partial charge in [-0.25, -0.2) is 0 Å². The number of hydrogen-bond acceptors (Lipinski definition) is 6. The Kier molecular flexibility index (Phi) is 10.3. The highest BCUT2D eigenvalue weighted by atomic mass is 35.5. The van der Waals surface area contributed by atoms with Gasteiger partial charge in [0.1, 0.15) is 5.92 Å². The molecule has 2 aliphatic heterocycles. The van der Waals surface area contributed by atoms with E-state index < -0.39 is 22.9 Å². The first kappa shape index (κ1) is 28.4. The number of nitrogens with zero attached hydrogens (tertiary/aromatic N) is 2. The zero-order valence-corrected chi connectivity index (χ0v) is 23.5. The Morgan fingerprint density at radius 1 is 1.16 bits per heavy atom. The molecule has 2 heterocycles. The van der Waals surface area contributed by atoms with E-state index in [4.69, 9.17) is 32.9 Å². The molecular formula is C28H35Cl2N3O3S. The normalized spacial score (nSPS) is 24.6. The summed E-state index contributed by atoms with van der Waals surface area (Å²) in [5.41, 5.74) is 2.52. The van der Waals surface area contributed by atoms with Gasteiger partial charge in [0.15, 0.2) is 4.99 Å². The van der Waals surface area contributed by atoms with Crippen molar-refractivity contribution in [2.24, 2.45) is 10.9 Å². The number of halogens is 2. The van der Waals surface area contributed by atoms with E-state index >= 15 is 0 Å². The Morgan fingerprint density at radius 3 is 2.59 bits per heavy atom. The average molecular weight is 565 g/mol. The Morgan fingerprint density at radius 2 is 1.92 bits per heavy atom. The number of benzene rings is 2. The van der Waals surface area contributed by atoms with Crippen molar-refractivity contribution in [2.45, 2.75) is 43.1 Å². The molecule has 0 amide bonds. The van der Waals surface area contributed by atoms with Crippen molar-refractivity contribution in [1.82, 2.24) is 10.2 Å². The van der Waals surface area contributed by atoms with Gasteiger partial charge in [0, 0.05) is 6.54 Å². The highest BCUT2D eigenvalue weighted by Crippen LogP contribution is 2.40. The minimum absolute atomic E-state index is 0.179. The lowest BCUT2D eigenvalue weighted by molar-refractivity contribution is -0.140. The third kappa shape index (κ3) is 7.49. The van der Waals surface area contributed by atoms with E-state index in [0.29, 0.717) is 28.8 Å². The number of thioether (sulfide) groups is 1. The number of carboxylic acid groups (broad SMARTS) is 1. The minimum Gasteiger partial charge on any atom is -0.481 e. The first-order valence-electron chi connectivity index (χ1n) is 12.8. The van der Waals surface area contributed by atoms with Gasteiger partial charge >= 0.3 is 5.97 Å². The number of nitrogens with one attached hydrogen (secondary N) is 1. The molecule has 3 atom stereocenters. The highest BCUT2D eigenvalue weighted by molar-refractivity contribution is 7.99. The van der Waals surface area contributed by atoms with Gasteiger partial charge in [-0.1, -0.05) is 66.0 Å². The molecule has 4 rings (SSSR count). The van der Waals surface area contributed by atoms with Crippen LogP contribution in [0.1, 0.15) is 42.9 Å². The third-order valence-corrected chi connectivity index (χ3v) is 8.98. The van der Waals surface area contributed by atoms with Crippen molar-refractivity contribution >= 4 is 46.6 Å². The second-order valence-corrected chi connectivity index (χ2v) is 11.5. The molecule has 0 aromatic heterocycles. The van der Waals surface area contributed by atoms with Crippen molar-refractivity contribution in [3.05, 3.63) is 69.7 Å². The number of ether oxygens (including phenoxy) is 1. The first-order valence-corrected chi connectivity index (χ1v) is 14.8. The fourth-order valence-corrected chi connectivity index (χ4v) is 6.15. The molecule has 1 fully saturated rings. The van der Waals surface area contributed by atoms with Gasteiger partial charge in [0.2, 0.25) is 0 Å². The predicted molar refractivity (Wildman–Crippen MR) is 153 cm³/mol. The van der Waals surface area contributed by atoms with Crippen molar-refractivity contribution in [3.8, 4) is 0 Å². The summed E-state index contributed by atoms with van der Waals surface area (Å²) in [6.07, 6.45) is 7.23. The first-order chi connectivity index (χ1) is 17.9. The fraction of sp³-hybridized carbons (Fsp3) is 0.500. The predicted octanol–water partition coefficient (Wildman–Crippen LogP) is 5.93. The van der Waals surface area contributed by atoms with Crippen LogP contribution in [0.5, 0.6) is 0 Å². The van der Waals surface area contributed by atoms with Crippen molar-refractivity contribution in [1.29, 1.82) is 0 Å². The Hall–Kier alpha value is -1.61. The second kappa shape index (κ2) is 13.5. The molecule has 3 unspecified atom stereocenters. The maximum Gasteiger partial charge on any atom is 0.314 e. The van der Waals surface area contributed by atoms with Crippen LogP contribution in [0.2, 0.25) is 10.0 Å². The average Bonchev–Trinajstić information content (AvgIpc) is 2.92. The number of carbonyl (C=O) groups is 1. The van der Waals surface area contributed by atoms with E-state index in [0.717, 1.165) is 31.6 Å². The topological polar surface area (TPSA) is 74.2 Å². The largest absolute Gasteiger partial charge is 0.481 e. The molecule has 37 heavy (non-hydrogen) atoms. The number of aryl methyl sites for hydroxylation is 1. The van der Waals surface area contributed by atoms with Crippen molar-refractivity contribution in [2.75, 3.05) is 39.1 Å². The van der Waals surface area contributed by atoms with E-state index in [1.54, 1.807) is 23.9 Å². The molecule has 9 heteroatoms. The molecule has 0 bridgehead atoms. The van der Waals surface area contributed by atoms with Crippen LogP contribution in [-0.2, 0) is 16.0 Å². The van der Waals surface area contributed by atoms with Crippen molar-refractivity contribution in [3.63, 3.8) is 0 Å². The molecule has 0 aliphatic carbocycles. The number of aliphatic imine (C=N–C) groups is 1.